The van der Waals surface area contributed by atoms with Crippen LogP contribution in [-0.4, -0.2) is 18.7 Å². The summed E-state index contributed by atoms with van der Waals surface area (Å²) in [6, 6.07) is 20.8. The number of benzene rings is 2. The molecule has 2 aromatic carbocycles. The van der Waals surface area contributed by atoms with Gasteiger partial charge >= 0.3 is 0 Å². The zero-order valence-corrected chi connectivity index (χ0v) is 18.0. The van der Waals surface area contributed by atoms with E-state index < -0.39 is 10.1 Å². The molecule has 0 aliphatic heterocycles. The van der Waals surface area contributed by atoms with E-state index in [1.165, 1.54) is 30.4 Å². The Kier molecular flexibility index (Phi) is 13.7. The summed E-state index contributed by atoms with van der Waals surface area (Å²) in [5.74, 6) is -0.0842. The van der Waals surface area contributed by atoms with E-state index in [1.54, 1.807) is 0 Å². The first-order valence-corrected chi connectivity index (χ1v) is 10.2. The van der Waals surface area contributed by atoms with E-state index in [4.69, 9.17) is 4.55 Å². The van der Waals surface area contributed by atoms with Gasteiger partial charge in [0.1, 0.15) is 0 Å². The second-order valence-corrected chi connectivity index (χ2v) is 7.36. The molecule has 0 saturated carbocycles. The minimum Gasteiger partial charge on any atom is -0.286 e. The molecule has 3 nitrogen and oxygen atoms in total. The van der Waals surface area contributed by atoms with Crippen molar-refractivity contribution in [3.63, 3.8) is 0 Å². The summed E-state index contributed by atoms with van der Waals surface area (Å²) >= 11 is 0. The monoisotopic (exact) mass is 476 g/mol. The van der Waals surface area contributed by atoms with Crippen molar-refractivity contribution in [3.05, 3.63) is 60.7 Å². The molecule has 0 aliphatic rings. The normalized spacial score (nSPS) is 10.3. The highest BCUT2D eigenvalue weighted by atomic mass is 127. The van der Waals surface area contributed by atoms with Crippen LogP contribution in [0.2, 0.25) is 0 Å². The van der Waals surface area contributed by atoms with Gasteiger partial charge in [-0.3, -0.25) is 4.55 Å². The third-order valence-corrected chi connectivity index (χ3v) is 4.44. The Balaban J connectivity index is 0.000000443. The summed E-state index contributed by atoms with van der Waals surface area (Å²) in [5.41, 5.74) is 2.55. The molecule has 0 saturated heterocycles. The van der Waals surface area contributed by atoms with Crippen LogP contribution >= 0.6 is 24.0 Å². The summed E-state index contributed by atoms with van der Waals surface area (Å²) in [6.07, 6.45) is 6.14. The van der Waals surface area contributed by atoms with Crippen LogP contribution in [0.25, 0.3) is 11.1 Å². The highest BCUT2D eigenvalue weighted by Gasteiger charge is 2.02. The molecule has 0 spiro atoms. The van der Waals surface area contributed by atoms with E-state index in [2.05, 4.69) is 55.5 Å². The first-order valence-electron chi connectivity index (χ1n) is 8.58. The molecule has 2 aromatic rings. The van der Waals surface area contributed by atoms with Gasteiger partial charge in [0, 0.05) is 0 Å². The van der Waals surface area contributed by atoms with Crippen LogP contribution in [0.3, 0.4) is 0 Å². The maximum absolute atomic E-state index is 10.3. The standard InChI is InChI=1S/C12H10.C8H18O3S.HI/c1-3-7-11(8-4-1)12-9-5-2-6-10-12;1-2-3-4-5-6-7-8-12(9,10)11;/h1-10H;2-8H2,1H3,(H,9,10,11);1H. The molecule has 25 heavy (non-hydrogen) atoms. The Morgan fingerprint density at radius 3 is 1.52 bits per heavy atom. The average Bonchev–Trinajstić information content (AvgIpc) is 2.59. The van der Waals surface area contributed by atoms with Crippen molar-refractivity contribution in [2.75, 3.05) is 5.75 Å². The number of rotatable bonds is 8. The van der Waals surface area contributed by atoms with E-state index in [1.807, 2.05) is 12.1 Å². The topological polar surface area (TPSA) is 54.4 Å². The van der Waals surface area contributed by atoms with Crippen molar-refractivity contribution >= 4 is 34.1 Å². The van der Waals surface area contributed by atoms with Gasteiger partial charge in [-0.2, -0.15) is 8.42 Å². The maximum Gasteiger partial charge on any atom is 0.264 e. The Hall–Kier alpha value is -0.920. The van der Waals surface area contributed by atoms with Crippen molar-refractivity contribution in [2.24, 2.45) is 0 Å². The lowest BCUT2D eigenvalue weighted by atomic mass is 10.1. The fraction of sp³-hybridized carbons (Fsp3) is 0.400. The summed E-state index contributed by atoms with van der Waals surface area (Å²) in [7, 11) is -3.72. The second kappa shape index (κ2) is 14.3. The van der Waals surface area contributed by atoms with E-state index in [0.717, 1.165) is 12.8 Å². The van der Waals surface area contributed by atoms with Crippen LogP contribution < -0.4 is 0 Å². The lowest BCUT2D eigenvalue weighted by Gasteiger charge is -1.98. The Morgan fingerprint density at radius 1 is 0.720 bits per heavy atom. The molecule has 0 fully saturated rings. The molecule has 0 unspecified atom stereocenters. The molecule has 0 aromatic heterocycles. The van der Waals surface area contributed by atoms with Crippen LogP contribution in [0.4, 0.5) is 0 Å². The fourth-order valence-electron chi connectivity index (χ4n) is 2.33. The molecule has 5 heteroatoms. The summed E-state index contributed by atoms with van der Waals surface area (Å²) in [5, 5.41) is 0. The third-order valence-electron chi connectivity index (χ3n) is 3.64. The summed E-state index contributed by atoms with van der Waals surface area (Å²) < 4.78 is 28.9. The first kappa shape index (κ1) is 24.1. The van der Waals surface area contributed by atoms with E-state index in [9.17, 15) is 8.42 Å². The zero-order valence-electron chi connectivity index (χ0n) is 14.8. The molecule has 0 amide bonds. The largest absolute Gasteiger partial charge is 0.286 e. The van der Waals surface area contributed by atoms with Crippen LogP contribution in [0.5, 0.6) is 0 Å². The molecule has 0 bridgehead atoms. The van der Waals surface area contributed by atoms with Gasteiger partial charge in [0.15, 0.2) is 0 Å². The molecule has 140 valence electrons. The average molecular weight is 476 g/mol. The van der Waals surface area contributed by atoms with Crippen LogP contribution in [0.15, 0.2) is 60.7 Å². The molecular formula is C20H29IO3S. The van der Waals surface area contributed by atoms with E-state index >= 15 is 0 Å². The lowest BCUT2D eigenvalue weighted by Crippen LogP contribution is -2.03. The van der Waals surface area contributed by atoms with Crippen molar-refractivity contribution in [2.45, 2.75) is 45.4 Å². The van der Waals surface area contributed by atoms with Crippen molar-refractivity contribution in [1.82, 2.24) is 0 Å². The quantitative estimate of drug-likeness (QED) is 0.280. The van der Waals surface area contributed by atoms with Gasteiger partial charge in [-0.15, -0.1) is 24.0 Å². The van der Waals surface area contributed by atoms with Crippen molar-refractivity contribution in [3.8, 4) is 11.1 Å². The van der Waals surface area contributed by atoms with Crippen LogP contribution in [-0.2, 0) is 10.1 Å². The van der Waals surface area contributed by atoms with Gasteiger partial charge in [0.25, 0.3) is 10.1 Å². The Bertz CT molecular complexity index is 606. The van der Waals surface area contributed by atoms with Gasteiger partial charge in [-0.1, -0.05) is 99.7 Å². The Labute approximate surface area is 169 Å². The zero-order chi connectivity index (χ0) is 17.7. The number of hydrogen-bond acceptors (Lipinski definition) is 2. The lowest BCUT2D eigenvalue weighted by molar-refractivity contribution is 0.478. The van der Waals surface area contributed by atoms with Gasteiger partial charge in [0.2, 0.25) is 0 Å². The molecular weight excluding hydrogens is 447 g/mol. The predicted molar refractivity (Wildman–Crippen MR) is 117 cm³/mol. The highest BCUT2D eigenvalue weighted by Crippen LogP contribution is 2.17. The van der Waals surface area contributed by atoms with Gasteiger partial charge in [-0.05, 0) is 17.5 Å². The summed E-state index contributed by atoms with van der Waals surface area (Å²) in [6.45, 7) is 2.14. The fourth-order valence-corrected chi connectivity index (χ4v) is 2.89. The van der Waals surface area contributed by atoms with Crippen molar-refractivity contribution < 1.29 is 13.0 Å². The minimum atomic E-state index is -3.72. The highest BCUT2D eigenvalue weighted by molar-refractivity contribution is 14.0. The SMILES string of the molecule is CCCCCCCCS(=O)(=O)O.I.c1ccc(-c2ccccc2)cc1. The molecule has 0 aliphatic carbocycles. The molecule has 1 N–H and O–H groups in total. The Morgan fingerprint density at radius 2 is 1.12 bits per heavy atom. The van der Waals surface area contributed by atoms with Crippen LogP contribution in [0.1, 0.15) is 45.4 Å². The van der Waals surface area contributed by atoms with E-state index in [0.29, 0.717) is 6.42 Å². The number of halogens is 1. The van der Waals surface area contributed by atoms with Crippen LogP contribution in [0, 0.1) is 0 Å². The molecule has 0 radical (unpaired) electrons. The second-order valence-electron chi connectivity index (χ2n) is 5.79. The van der Waals surface area contributed by atoms with E-state index in [-0.39, 0.29) is 29.7 Å². The smallest absolute Gasteiger partial charge is 0.264 e. The minimum absolute atomic E-state index is 0. The number of unbranched alkanes of at least 4 members (excludes halogenated alkanes) is 5. The number of hydrogen-bond donors (Lipinski definition) is 1. The maximum atomic E-state index is 10.3. The molecule has 2 rings (SSSR count). The van der Waals surface area contributed by atoms with Gasteiger partial charge in [-0.25, -0.2) is 0 Å². The summed E-state index contributed by atoms with van der Waals surface area (Å²) in [4.78, 5) is 0. The predicted octanol–water partition coefficient (Wildman–Crippen LogP) is 6.21. The van der Waals surface area contributed by atoms with Crippen molar-refractivity contribution in [1.29, 1.82) is 0 Å². The molecule has 0 atom stereocenters. The van der Waals surface area contributed by atoms with Gasteiger partial charge in [0.05, 0.1) is 5.75 Å². The molecule has 0 heterocycles. The first-order chi connectivity index (χ1) is 11.5. The third kappa shape index (κ3) is 13.0. The van der Waals surface area contributed by atoms with Gasteiger partial charge < -0.3 is 0 Å².